The average Bonchev–Trinajstić information content (AvgIpc) is 3.31. The minimum atomic E-state index is 0.363. The second-order valence-corrected chi connectivity index (χ2v) is 10.2. The number of nitrogens with two attached hydrogens (primary N) is 2. The summed E-state index contributed by atoms with van der Waals surface area (Å²) in [5.41, 5.74) is 15.7. The summed E-state index contributed by atoms with van der Waals surface area (Å²) in [4.78, 5) is 11.7. The van der Waals surface area contributed by atoms with E-state index in [0.29, 0.717) is 23.9 Å². The highest BCUT2D eigenvalue weighted by Crippen LogP contribution is 2.38. The van der Waals surface area contributed by atoms with E-state index in [1.54, 1.807) is 6.33 Å². The molecule has 1 aliphatic heterocycles. The molecule has 4 aromatic rings. The lowest BCUT2D eigenvalue weighted by Crippen LogP contribution is -2.46. The van der Waals surface area contributed by atoms with E-state index in [0.717, 1.165) is 66.0 Å². The van der Waals surface area contributed by atoms with Crippen molar-refractivity contribution in [3.8, 4) is 22.6 Å². The maximum atomic E-state index is 6.39. The molecule has 6 rings (SSSR count). The Morgan fingerprint density at radius 3 is 2.33 bits per heavy atom. The van der Waals surface area contributed by atoms with Crippen LogP contribution in [0.2, 0.25) is 0 Å². The third kappa shape index (κ3) is 4.56. The van der Waals surface area contributed by atoms with Crippen LogP contribution in [-0.2, 0) is 0 Å². The Hall–Kier alpha value is -3.42. The minimum Gasteiger partial charge on any atom is -0.457 e. The number of likely N-dealkylation sites (tertiary alicyclic amines) is 1. The van der Waals surface area contributed by atoms with Crippen LogP contribution in [-0.4, -0.2) is 44.6 Å². The summed E-state index contributed by atoms with van der Waals surface area (Å²) in [6.07, 6.45) is 10.8. The molecular weight excluding hydrogens is 448 g/mol. The number of piperidine rings is 1. The Bertz CT molecular complexity index is 1310. The van der Waals surface area contributed by atoms with Crippen molar-refractivity contribution in [1.82, 2.24) is 19.4 Å². The first kappa shape index (κ1) is 23.0. The Morgan fingerprint density at radius 1 is 0.833 bits per heavy atom. The summed E-state index contributed by atoms with van der Waals surface area (Å²) < 4.78 is 8.31. The molecule has 3 heterocycles. The molecule has 7 nitrogen and oxygen atoms in total. The van der Waals surface area contributed by atoms with Gasteiger partial charge >= 0.3 is 0 Å². The lowest BCUT2D eigenvalue weighted by Gasteiger charge is -2.41. The average molecular weight is 483 g/mol. The number of anilines is 1. The summed E-state index contributed by atoms with van der Waals surface area (Å²) >= 11 is 0. The maximum Gasteiger partial charge on any atom is 0.146 e. The summed E-state index contributed by atoms with van der Waals surface area (Å²) in [5, 5.41) is 0.926. The Kier molecular flexibility index (Phi) is 6.34. The number of rotatable bonds is 5. The van der Waals surface area contributed by atoms with Crippen molar-refractivity contribution in [3.05, 3.63) is 67.1 Å². The molecule has 36 heavy (non-hydrogen) atoms. The van der Waals surface area contributed by atoms with Gasteiger partial charge in [0.2, 0.25) is 0 Å². The number of benzene rings is 2. The lowest BCUT2D eigenvalue weighted by molar-refractivity contribution is 0.104. The second-order valence-electron chi connectivity index (χ2n) is 10.2. The van der Waals surface area contributed by atoms with Crippen molar-refractivity contribution < 1.29 is 4.74 Å². The van der Waals surface area contributed by atoms with E-state index in [-0.39, 0.29) is 0 Å². The predicted molar refractivity (Wildman–Crippen MR) is 144 cm³/mol. The van der Waals surface area contributed by atoms with Gasteiger partial charge in [0.15, 0.2) is 0 Å². The van der Waals surface area contributed by atoms with Gasteiger partial charge in [0.05, 0.1) is 5.39 Å². The second kappa shape index (κ2) is 9.91. The molecule has 186 valence electrons. The van der Waals surface area contributed by atoms with E-state index in [2.05, 4.69) is 37.8 Å². The SMILES string of the molecule is Nc1ncnc2c1c(-c1ccc(Oc3ccccc3)cc1)cn2C1CCN(C2CCCC(N)C2)CC1. The fraction of sp³-hybridized carbons (Fsp3) is 0.379. The molecule has 4 N–H and O–H groups in total. The largest absolute Gasteiger partial charge is 0.457 e. The van der Waals surface area contributed by atoms with E-state index in [9.17, 15) is 0 Å². The van der Waals surface area contributed by atoms with E-state index in [1.807, 2.05) is 42.5 Å². The van der Waals surface area contributed by atoms with Crippen molar-refractivity contribution in [2.24, 2.45) is 5.73 Å². The van der Waals surface area contributed by atoms with Gasteiger partial charge in [0.1, 0.15) is 29.3 Å². The molecule has 0 spiro atoms. The molecule has 0 amide bonds. The van der Waals surface area contributed by atoms with Crippen LogP contribution in [0.4, 0.5) is 5.82 Å². The van der Waals surface area contributed by atoms with Crippen LogP contribution >= 0.6 is 0 Å². The van der Waals surface area contributed by atoms with Crippen LogP contribution in [0.25, 0.3) is 22.2 Å². The van der Waals surface area contributed by atoms with Crippen molar-refractivity contribution in [2.45, 2.75) is 56.7 Å². The van der Waals surface area contributed by atoms with Gasteiger partial charge in [-0.25, -0.2) is 9.97 Å². The maximum absolute atomic E-state index is 6.39. The van der Waals surface area contributed by atoms with Crippen LogP contribution in [0.5, 0.6) is 11.5 Å². The Labute approximate surface area is 212 Å². The summed E-state index contributed by atoms with van der Waals surface area (Å²) in [7, 11) is 0. The van der Waals surface area contributed by atoms with Crippen LogP contribution in [0, 0.1) is 0 Å². The van der Waals surface area contributed by atoms with E-state index >= 15 is 0 Å². The highest BCUT2D eigenvalue weighted by molar-refractivity contribution is 6.00. The van der Waals surface area contributed by atoms with Crippen molar-refractivity contribution in [1.29, 1.82) is 0 Å². The van der Waals surface area contributed by atoms with Crippen LogP contribution in [0.15, 0.2) is 67.1 Å². The molecule has 1 saturated carbocycles. The smallest absolute Gasteiger partial charge is 0.146 e. The fourth-order valence-electron chi connectivity index (χ4n) is 5.99. The molecule has 2 aromatic carbocycles. The van der Waals surface area contributed by atoms with Crippen molar-refractivity contribution in [2.75, 3.05) is 18.8 Å². The zero-order chi connectivity index (χ0) is 24.5. The van der Waals surface area contributed by atoms with Gasteiger partial charge < -0.3 is 25.7 Å². The van der Waals surface area contributed by atoms with Gasteiger partial charge in [-0.05, 0) is 61.9 Å². The summed E-state index contributed by atoms with van der Waals surface area (Å²) in [6.45, 7) is 2.20. The van der Waals surface area contributed by atoms with Gasteiger partial charge in [0, 0.05) is 43.0 Å². The number of fused-ring (bicyclic) bond motifs is 1. The van der Waals surface area contributed by atoms with Crippen LogP contribution < -0.4 is 16.2 Å². The van der Waals surface area contributed by atoms with Gasteiger partial charge in [0.25, 0.3) is 0 Å². The standard InChI is InChI=1S/C29H34N6O/c30-21-5-4-6-23(17-21)34-15-13-22(14-16-34)35-18-26(27-28(31)32-19-33-29(27)35)20-9-11-25(12-10-20)36-24-7-2-1-3-8-24/h1-3,7-12,18-19,21-23H,4-6,13-17,30H2,(H2,31,32,33). The monoisotopic (exact) mass is 482 g/mol. The molecule has 1 aliphatic carbocycles. The highest BCUT2D eigenvalue weighted by atomic mass is 16.5. The first-order valence-corrected chi connectivity index (χ1v) is 13.1. The van der Waals surface area contributed by atoms with Gasteiger partial charge in [-0.3, -0.25) is 0 Å². The molecule has 2 aromatic heterocycles. The normalized spacial score (nSPS) is 21.6. The zero-order valence-electron chi connectivity index (χ0n) is 20.6. The number of aromatic nitrogens is 3. The predicted octanol–water partition coefficient (Wildman–Crippen LogP) is 5.38. The van der Waals surface area contributed by atoms with Crippen LogP contribution in [0.3, 0.4) is 0 Å². The summed E-state index contributed by atoms with van der Waals surface area (Å²) in [6, 6.07) is 19.4. The van der Waals surface area contributed by atoms with E-state index in [4.69, 9.17) is 16.2 Å². The van der Waals surface area contributed by atoms with Gasteiger partial charge in [-0.2, -0.15) is 0 Å². The lowest BCUT2D eigenvalue weighted by atomic mass is 9.89. The number of nitrogens with zero attached hydrogens (tertiary/aromatic N) is 4. The number of para-hydroxylation sites is 1. The first-order valence-electron chi connectivity index (χ1n) is 13.1. The van der Waals surface area contributed by atoms with Crippen molar-refractivity contribution >= 4 is 16.9 Å². The molecule has 2 unspecified atom stereocenters. The molecule has 0 radical (unpaired) electrons. The summed E-state index contributed by atoms with van der Waals surface area (Å²) in [5.74, 6) is 2.14. The first-order chi connectivity index (χ1) is 17.7. The number of nitrogen functional groups attached to an aromatic ring is 1. The molecule has 1 saturated heterocycles. The fourth-order valence-corrected chi connectivity index (χ4v) is 5.99. The van der Waals surface area contributed by atoms with Crippen LogP contribution in [0.1, 0.15) is 44.6 Å². The number of ether oxygens (including phenoxy) is 1. The number of hydrogen-bond acceptors (Lipinski definition) is 6. The molecule has 2 atom stereocenters. The third-order valence-corrected chi connectivity index (χ3v) is 7.88. The van der Waals surface area contributed by atoms with Gasteiger partial charge in [-0.1, -0.05) is 36.8 Å². The highest BCUT2D eigenvalue weighted by Gasteiger charge is 2.30. The minimum absolute atomic E-state index is 0.363. The van der Waals surface area contributed by atoms with E-state index in [1.165, 1.54) is 19.3 Å². The molecule has 0 bridgehead atoms. The molecule has 2 aliphatic rings. The van der Waals surface area contributed by atoms with Crippen molar-refractivity contribution in [3.63, 3.8) is 0 Å². The molecule has 7 heteroatoms. The topological polar surface area (TPSA) is 95.2 Å². The Morgan fingerprint density at radius 2 is 1.58 bits per heavy atom. The third-order valence-electron chi connectivity index (χ3n) is 7.88. The quantitative estimate of drug-likeness (QED) is 0.397. The molecular formula is C29H34N6O. The van der Waals surface area contributed by atoms with Gasteiger partial charge in [-0.15, -0.1) is 0 Å². The molecule has 2 fully saturated rings. The Balaban J connectivity index is 1.25. The number of hydrogen-bond donors (Lipinski definition) is 2. The van der Waals surface area contributed by atoms with E-state index < -0.39 is 0 Å². The zero-order valence-corrected chi connectivity index (χ0v) is 20.6.